The largest absolute Gasteiger partial charge is 0.417 e. The molecule has 14 heavy (non-hydrogen) atoms. The molecule has 0 saturated carbocycles. The Morgan fingerprint density at radius 3 is 2.71 bits per heavy atom. The van der Waals surface area contributed by atoms with Crippen LogP contribution in [0.15, 0.2) is 30.3 Å². The molecule has 1 atom stereocenters. The number of carbonyl (C=O) groups is 1. The SMILES string of the molecule is COC1CN(c2ccccc2)C(=O)O1. The van der Waals surface area contributed by atoms with E-state index in [4.69, 9.17) is 9.47 Å². The molecule has 4 nitrogen and oxygen atoms in total. The average molecular weight is 193 g/mol. The molecular formula is C10H11NO3. The second-order valence-electron chi connectivity index (χ2n) is 3.00. The van der Waals surface area contributed by atoms with Crippen molar-refractivity contribution in [2.45, 2.75) is 6.29 Å². The first-order chi connectivity index (χ1) is 6.81. The van der Waals surface area contributed by atoms with E-state index in [0.29, 0.717) is 6.54 Å². The molecule has 4 heteroatoms. The number of nitrogens with zero attached hydrogens (tertiary/aromatic N) is 1. The molecule has 0 spiro atoms. The van der Waals surface area contributed by atoms with Crippen molar-refractivity contribution in [2.24, 2.45) is 0 Å². The molecule has 0 N–H and O–H groups in total. The van der Waals surface area contributed by atoms with E-state index in [-0.39, 0.29) is 6.09 Å². The number of hydrogen-bond donors (Lipinski definition) is 0. The fraction of sp³-hybridized carbons (Fsp3) is 0.300. The zero-order valence-corrected chi connectivity index (χ0v) is 7.84. The number of amides is 1. The molecule has 1 saturated heterocycles. The predicted molar refractivity (Wildman–Crippen MR) is 51.1 cm³/mol. The molecule has 0 aliphatic carbocycles. The highest BCUT2D eigenvalue weighted by Crippen LogP contribution is 2.20. The lowest BCUT2D eigenvalue weighted by Gasteiger charge is -2.11. The van der Waals surface area contributed by atoms with Gasteiger partial charge in [0.05, 0.1) is 6.54 Å². The molecule has 1 unspecified atom stereocenters. The first-order valence-corrected chi connectivity index (χ1v) is 4.37. The Morgan fingerprint density at radius 1 is 1.43 bits per heavy atom. The zero-order chi connectivity index (χ0) is 9.97. The smallest absolute Gasteiger partial charge is 0.416 e. The van der Waals surface area contributed by atoms with Gasteiger partial charge in [-0.1, -0.05) is 18.2 Å². The Bertz CT molecular complexity index is 325. The summed E-state index contributed by atoms with van der Waals surface area (Å²) in [5, 5.41) is 0. The molecule has 1 fully saturated rings. The standard InChI is InChI=1S/C10H11NO3/c1-13-9-7-11(10(12)14-9)8-5-3-2-4-6-8/h2-6,9H,7H2,1H3. The van der Waals surface area contributed by atoms with Gasteiger partial charge in [-0.15, -0.1) is 0 Å². The molecule has 0 aromatic heterocycles. The van der Waals surface area contributed by atoms with Gasteiger partial charge in [0, 0.05) is 12.8 Å². The first kappa shape index (κ1) is 9.02. The van der Waals surface area contributed by atoms with Gasteiger partial charge in [-0.3, -0.25) is 4.90 Å². The highest BCUT2D eigenvalue weighted by atomic mass is 16.7. The van der Waals surface area contributed by atoms with Crippen molar-refractivity contribution in [1.29, 1.82) is 0 Å². The molecule has 2 rings (SSSR count). The van der Waals surface area contributed by atoms with Crippen LogP contribution in [-0.2, 0) is 9.47 Å². The molecule has 1 aliphatic heterocycles. The lowest BCUT2D eigenvalue weighted by molar-refractivity contribution is -0.0488. The van der Waals surface area contributed by atoms with E-state index in [1.165, 1.54) is 7.11 Å². The van der Waals surface area contributed by atoms with Gasteiger partial charge in [-0.2, -0.15) is 0 Å². The van der Waals surface area contributed by atoms with Crippen molar-refractivity contribution < 1.29 is 14.3 Å². The normalized spacial score (nSPS) is 21.1. The Balaban J connectivity index is 2.17. The summed E-state index contributed by atoms with van der Waals surface area (Å²) in [6.45, 7) is 0.444. The summed E-state index contributed by atoms with van der Waals surface area (Å²) in [6, 6.07) is 9.38. The summed E-state index contributed by atoms with van der Waals surface area (Å²) < 4.78 is 9.89. The number of benzene rings is 1. The number of carbonyl (C=O) groups excluding carboxylic acids is 1. The summed E-state index contributed by atoms with van der Waals surface area (Å²) in [7, 11) is 1.52. The van der Waals surface area contributed by atoms with Gasteiger partial charge in [0.2, 0.25) is 6.29 Å². The van der Waals surface area contributed by atoms with Crippen LogP contribution in [0.5, 0.6) is 0 Å². The third-order valence-electron chi connectivity index (χ3n) is 2.12. The summed E-state index contributed by atoms with van der Waals surface area (Å²) in [5.41, 5.74) is 0.831. The van der Waals surface area contributed by atoms with E-state index in [0.717, 1.165) is 5.69 Å². The number of cyclic esters (lactones) is 1. The monoisotopic (exact) mass is 193 g/mol. The van der Waals surface area contributed by atoms with Crippen molar-refractivity contribution in [3.05, 3.63) is 30.3 Å². The Labute approximate surface area is 82.0 Å². The van der Waals surface area contributed by atoms with Crippen molar-refractivity contribution >= 4 is 11.8 Å². The van der Waals surface area contributed by atoms with Crippen molar-refractivity contribution in [3.8, 4) is 0 Å². The lowest BCUT2D eigenvalue weighted by Crippen LogP contribution is -2.24. The van der Waals surface area contributed by atoms with E-state index in [1.807, 2.05) is 30.3 Å². The molecular weight excluding hydrogens is 182 g/mol. The molecule has 1 aromatic carbocycles. The molecule has 74 valence electrons. The molecule has 1 heterocycles. The lowest BCUT2D eigenvalue weighted by atomic mass is 10.3. The van der Waals surface area contributed by atoms with Gasteiger partial charge < -0.3 is 9.47 Å². The molecule has 0 bridgehead atoms. The Hall–Kier alpha value is -1.55. The van der Waals surface area contributed by atoms with Crippen LogP contribution in [0.1, 0.15) is 0 Å². The number of ether oxygens (including phenoxy) is 2. The molecule has 0 radical (unpaired) electrons. The summed E-state index contributed by atoms with van der Waals surface area (Å²) in [6.07, 6.45) is -0.814. The van der Waals surface area contributed by atoms with Crippen LogP contribution < -0.4 is 4.90 Å². The highest BCUT2D eigenvalue weighted by molar-refractivity contribution is 5.89. The van der Waals surface area contributed by atoms with Gasteiger partial charge in [-0.05, 0) is 12.1 Å². The van der Waals surface area contributed by atoms with Gasteiger partial charge in [0.1, 0.15) is 0 Å². The third kappa shape index (κ3) is 1.56. The maximum Gasteiger partial charge on any atom is 0.416 e. The number of para-hydroxylation sites is 1. The summed E-state index contributed by atoms with van der Waals surface area (Å²) in [5.74, 6) is 0. The van der Waals surface area contributed by atoms with E-state index < -0.39 is 6.29 Å². The molecule has 1 aromatic rings. The van der Waals surface area contributed by atoms with Crippen LogP contribution in [0.2, 0.25) is 0 Å². The average Bonchev–Trinajstić information content (AvgIpc) is 2.61. The van der Waals surface area contributed by atoms with Crippen LogP contribution in [-0.4, -0.2) is 26.0 Å². The fourth-order valence-corrected chi connectivity index (χ4v) is 1.38. The predicted octanol–water partition coefficient (Wildman–Crippen LogP) is 1.62. The van der Waals surface area contributed by atoms with Gasteiger partial charge in [0.25, 0.3) is 0 Å². The van der Waals surface area contributed by atoms with Crippen molar-refractivity contribution in [3.63, 3.8) is 0 Å². The maximum atomic E-state index is 11.4. The zero-order valence-electron chi connectivity index (χ0n) is 7.84. The van der Waals surface area contributed by atoms with E-state index in [2.05, 4.69) is 0 Å². The topological polar surface area (TPSA) is 38.8 Å². The maximum absolute atomic E-state index is 11.4. The van der Waals surface area contributed by atoms with Crippen LogP contribution in [0.3, 0.4) is 0 Å². The van der Waals surface area contributed by atoms with Crippen molar-refractivity contribution in [2.75, 3.05) is 18.6 Å². The minimum Gasteiger partial charge on any atom is -0.417 e. The second-order valence-corrected chi connectivity index (χ2v) is 3.00. The van der Waals surface area contributed by atoms with Gasteiger partial charge >= 0.3 is 6.09 Å². The fourth-order valence-electron chi connectivity index (χ4n) is 1.38. The summed E-state index contributed by atoms with van der Waals surface area (Å²) >= 11 is 0. The van der Waals surface area contributed by atoms with E-state index >= 15 is 0 Å². The highest BCUT2D eigenvalue weighted by Gasteiger charge is 2.31. The van der Waals surface area contributed by atoms with Crippen LogP contribution >= 0.6 is 0 Å². The number of anilines is 1. The Morgan fingerprint density at radius 2 is 2.14 bits per heavy atom. The van der Waals surface area contributed by atoms with Gasteiger partial charge in [0.15, 0.2) is 0 Å². The molecule has 1 amide bonds. The minimum atomic E-state index is -0.456. The van der Waals surface area contributed by atoms with E-state index in [1.54, 1.807) is 4.90 Å². The first-order valence-electron chi connectivity index (χ1n) is 4.37. The summed E-state index contributed by atoms with van der Waals surface area (Å²) in [4.78, 5) is 12.9. The van der Waals surface area contributed by atoms with Crippen LogP contribution in [0.4, 0.5) is 10.5 Å². The Kier molecular flexibility index (Phi) is 2.37. The minimum absolute atomic E-state index is 0.358. The van der Waals surface area contributed by atoms with Crippen LogP contribution in [0.25, 0.3) is 0 Å². The van der Waals surface area contributed by atoms with E-state index in [9.17, 15) is 4.79 Å². The third-order valence-corrected chi connectivity index (χ3v) is 2.12. The number of rotatable bonds is 2. The number of hydrogen-bond acceptors (Lipinski definition) is 3. The van der Waals surface area contributed by atoms with Gasteiger partial charge in [-0.25, -0.2) is 4.79 Å². The number of methoxy groups -OCH3 is 1. The van der Waals surface area contributed by atoms with Crippen LogP contribution in [0, 0.1) is 0 Å². The molecule has 1 aliphatic rings. The second kappa shape index (κ2) is 3.67. The quantitative estimate of drug-likeness (QED) is 0.716. The van der Waals surface area contributed by atoms with Crippen molar-refractivity contribution in [1.82, 2.24) is 0 Å².